The minimum atomic E-state index is -0.316. The van der Waals surface area contributed by atoms with Crippen molar-refractivity contribution in [1.29, 1.82) is 0 Å². The third-order valence-corrected chi connectivity index (χ3v) is 4.24. The van der Waals surface area contributed by atoms with Crippen molar-refractivity contribution in [3.8, 4) is 5.75 Å². The summed E-state index contributed by atoms with van der Waals surface area (Å²) in [6.45, 7) is 8.03. The quantitative estimate of drug-likeness (QED) is 0.641. The summed E-state index contributed by atoms with van der Waals surface area (Å²) in [5.41, 5.74) is 4.22. The predicted molar refractivity (Wildman–Crippen MR) is 111 cm³/mol. The molecule has 0 bridgehead atoms. The molecule has 1 heterocycles. The van der Waals surface area contributed by atoms with Gasteiger partial charge in [0.15, 0.2) is 0 Å². The lowest BCUT2D eigenvalue weighted by atomic mass is 10.1. The van der Waals surface area contributed by atoms with Crippen molar-refractivity contribution in [3.05, 3.63) is 71.7 Å². The van der Waals surface area contributed by atoms with Gasteiger partial charge in [0.05, 0.1) is 18.5 Å². The number of aromatic nitrogens is 2. The number of nitrogens with zero attached hydrogens (tertiary/aromatic N) is 2. The second kappa shape index (κ2) is 8.52. The Hall–Kier alpha value is -3.41. The predicted octanol–water partition coefficient (Wildman–Crippen LogP) is 4.88. The maximum Gasteiger partial charge on any atom is 0.275 e. The van der Waals surface area contributed by atoms with E-state index in [9.17, 15) is 4.79 Å². The van der Waals surface area contributed by atoms with E-state index in [0.29, 0.717) is 11.5 Å². The van der Waals surface area contributed by atoms with Crippen LogP contribution in [0.25, 0.3) is 0 Å². The summed E-state index contributed by atoms with van der Waals surface area (Å²) >= 11 is 0. The number of ether oxygens (including phenoxy) is 1. The molecule has 28 heavy (non-hydrogen) atoms. The van der Waals surface area contributed by atoms with Crippen LogP contribution in [0.2, 0.25) is 0 Å². The summed E-state index contributed by atoms with van der Waals surface area (Å²) in [5, 5.41) is 6.04. The first kappa shape index (κ1) is 19.4. The maximum absolute atomic E-state index is 12.4. The van der Waals surface area contributed by atoms with Gasteiger partial charge in [0.1, 0.15) is 17.3 Å². The van der Waals surface area contributed by atoms with Crippen LogP contribution in [-0.4, -0.2) is 22.0 Å². The van der Waals surface area contributed by atoms with E-state index in [0.717, 1.165) is 17.0 Å². The van der Waals surface area contributed by atoms with Crippen molar-refractivity contribution in [2.24, 2.45) is 0 Å². The fraction of sp³-hybridized carbons (Fsp3) is 0.227. The summed E-state index contributed by atoms with van der Waals surface area (Å²) < 4.78 is 5.59. The highest BCUT2D eigenvalue weighted by molar-refractivity contribution is 6.02. The monoisotopic (exact) mass is 376 g/mol. The minimum Gasteiger partial charge on any atom is -0.491 e. The summed E-state index contributed by atoms with van der Waals surface area (Å²) in [7, 11) is 0. The molecule has 144 valence electrons. The van der Waals surface area contributed by atoms with Gasteiger partial charge >= 0.3 is 0 Å². The molecule has 0 aliphatic heterocycles. The molecule has 0 aliphatic rings. The normalized spacial score (nSPS) is 10.6. The summed E-state index contributed by atoms with van der Waals surface area (Å²) in [5.74, 6) is 1.03. The average molecular weight is 376 g/mol. The lowest BCUT2D eigenvalue weighted by Gasteiger charge is -2.11. The summed E-state index contributed by atoms with van der Waals surface area (Å²) in [6, 6.07) is 13.2. The molecule has 3 aromatic rings. The van der Waals surface area contributed by atoms with E-state index in [1.165, 1.54) is 11.8 Å². The molecule has 2 N–H and O–H groups in total. The Bertz CT molecular complexity index is 951. The van der Waals surface area contributed by atoms with E-state index < -0.39 is 0 Å². The van der Waals surface area contributed by atoms with Crippen LogP contribution in [0.1, 0.15) is 35.5 Å². The van der Waals surface area contributed by atoms with Crippen molar-refractivity contribution in [1.82, 2.24) is 9.97 Å². The molecule has 0 radical (unpaired) electrons. The van der Waals surface area contributed by atoms with Crippen molar-refractivity contribution in [2.45, 2.75) is 33.8 Å². The van der Waals surface area contributed by atoms with Crippen LogP contribution >= 0.6 is 0 Å². The largest absolute Gasteiger partial charge is 0.491 e. The van der Waals surface area contributed by atoms with Crippen LogP contribution in [0.4, 0.5) is 17.2 Å². The number of hydrogen-bond acceptors (Lipinski definition) is 5. The number of amides is 1. The molecule has 6 nitrogen and oxygen atoms in total. The summed E-state index contributed by atoms with van der Waals surface area (Å²) in [4.78, 5) is 20.9. The molecule has 0 saturated heterocycles. The number of carbonyl (C=O) groups excluding carboxylic acids is 1. The Morgan fingerprint density at radius 3 is 2.39 bits per heavy atom. The molecule has 3 rings (SSSR count). The Morgan fingerprint density at radius 2 is 1.75 bits per heavy atom. The molecular weight excluding hydrogens is 352 g/mol. The van der Waals surface area contributed by atoms with Crippen LogP contribution in [0, 0.1) is 13.8 Å². The van der Waals surface area contributed by atoms with Crippen LogP contribution in [-0.2, 0) is 0 Å². The van der Waals surface area contributed by atoms with Crippen molar-refractivity contribution < 1.29 is 9.53 Å². The van der Waals surface area contributed by atoms with E-state index in [1.807, 2.05) is 45.0 Å². The molecule has 2 aromatic carbocycles. The first-order valence-electron chi connectivity index (χ1n) is 9.15. The van der Waals surface area contributed by atoms with Gasteiger partial charge in [-0.1, -0.05) is 12.1 Å². The van der Waals surface area contributed by atoms with Gasteiger partial charge in [0.25, 0.3) is 5.91 Å². The fourth-order valence-corrected chi connectivity index (χ4v) is 2.62. The Labute approximate surface area is 165 Å². The number of aryl methyl sites for hydroxylation is 1. The van der Waals surface area contributed by atoms with Gasteiger partial charge in [0.2, 0.25) is 0 Å². The van der Waals surface area contributed by atoms with Crippen LogP contribution in [0.3, 0.4) is 0 Å². The zero-order valence-electron chi connectivity index (χ0n) is 16.5. The molecule has 1 aromatic heterocycles. The van der Waals surface area contributed by atoms with E-state index in [2.05, 4.69) is 33.6 Å². The molecule has 0 atom stereocenters. The van der Waals surface area contributed by atoms with Gasteiger partial charge in [-0.05, 0) is 69.2 Å². The minimum absolute atomic E-state index is 0.103. The van der Waals surface area contributed by atoms with Crippen molar-refractivity contribution >= 4 is 23.1 Å². The molecule has 0 fully saturated rings. The zero-order valence-corrected chi connectivity index (χ0v) is 16.5. The van der Waals surface area contributed by atoms with Crippen LogP contribution in [0.15, 0.2) is 54.9 Å². The standard InChI is InChI=1S/C22H24N4O2/c1-14(2)28-18-10-8-17(9-11-18)25-22(27)20-12-24-21(13-23-20)26-19-7-5-6-15(3)16(19)4/h5-14H,1-4H3,(H,24,26)(H,25,27). The molecule has 6 heteroatoms. The Kier molecular flexibility index (Phi) is 5.89. The average Bonchev–Trinajstić information content (AvgIpc) is 2.67. The SMILES string of the molecule is Cc1cccc(Nc2cnc(C(=O)Nc3ccc(OC(C)C)cc3)cn2)c1C. The maximum atomic E-state index is 12.4. The molecule has 0 saturated carbocycles. The number of anilines is 3. The number of benzene rings is 2. The number of carbonyl (C=O) groups is 1. The first-order valence-corrected chi connectivity index (χ1v) is 9.15. The van der Waals surface area contributed by atoms with Crippen LogP contribution in [0.5, 0.6) is 5.75 Å². The third-order valence-electron chi connectivity index (χ3n) is 4.24. The van der Waals surface area contributed by atoms with Gasteiger partial charge in [0, 0.05) is 11.4 Å². The number of nitrogens with one attached hydrogen (secondary N) is 2. The van der Waals surface area contributed by atoms with E-state index in [-0.39, 0.29) is 17.7 Å². The van der Waals surface area contributed by atoms with Gasteiger partial charge < -0.3 is 15.4 Å². The number of hydrogen-bond donors (Lipinski definition) is 2. The molecule has 0 spiro atoms. The van der Waals surface area contributed by atoms with Gasteiger partial charge in [-0.2, -0.15) is 0 Å². The molecule has 1 amide bonds. The first-order chi connectivity index (χ1) is 13.4. The van der Waals surface area contributed by atoms with Crippen molar-refractivity contribution in [3.63, 3.8) is 0 Å². The van der Waals surface area contributed by atoms with E-state index >= 15 is 0 Å². The molecule has 0 unspecified atom stereocenters. The highest BCUT2D eigenvalue weighted by Gasteiger charge is 2.10. The topological polar surface area (TPSA) is 76.1 Å². The highest BCUT2D eigenvalue weighted by Crippen LogP contribution is 2.21. The third kappa shape index (κ3) is 4.85. The van der Waals surface area contributed by atoms with E-state index in [4.69, 9.17) is 4.74 Å². The molecule has 0 aliphatic carbocycles. The van der Waals surface area contributed by atoms with E-state index in [1.54, 1.807) is 18.3 Å². The lowest BCUT2D eigenvalue weighted by Crippen LogP contribution is -2.14. The van der Waals surface area contributed by atoms with Gasteiger partial charge in [-0.15, -0.1) is 0 Å². The fourth-order valence-electron chi connectivity index (χ4n) is 2.62. The lowest BCUT2D eigenvalue weighted by molar-refractivity contribution is 0.102. The van der Waals surface area contributed by atoms with Crippen molar-refractivity contribution in [2.75, 3.05) is 10.6 Å². The zero-order chi connectivity index (χ0) is 20.1. The highest BCUT2D eigenvalue weighted by atomic mass is 16.5. The summed E-state index contributed by atoms with van der Waals surface area (Å²) in [6.07, 6.45) is 3.11. The Morgan fingerprint density at radius 1 is 1.00 bits per heavy atom. The Balaban J connectivity index is 1.64. The van der Waals surface area contributed by atoms with Crippen LogP contribution < -0.4 is 15.4 Å². The second-order valence-electron chi connectivity index (χ2n) is 6.80. The smallest absolute Gasteiger partial charge is 0.275 e. The van der Waals surface area contributed by atoms with Gasteiger partial charge in [-0.25, -0.2) is 9.97 Å². The second-order valence-corrected chi connectivity index (χ2v) is 6.80. The number of rotatable bonds is 6. The molecular formula is C22H24N4O2. The van der Waals surface area contributed by atoms with Gasteiger partial charge in [-0.3, -0.25) is 4.79 Å².